The largest absolute Gasteiger partial charge is 0.378 e. The zero-order valence-corrected chi connectivity index (χ0v) is 12.0. The predicted octanol–water partition coefficient (Wildman–Crippen LogP) is 1.02. The van der Waals surface area contributed by atoms with Gasteiger partial charge in [0.25, 0.3) is 0 Å². The molecule has 0 saturated carbocycles. The average Bonchev–Trinajstić information content (AvgIpc) is 2.87. The maximum atomic E-state index is 5.41. The number of aromatic nitrogens is 4. The molecular weight excluding hydrogens is 256 g/mol. The summed E-state index contributed by atoms with van der Waals surface area (Å²) in [5.74, 6) is 1.62. The van der Waals surface area contributed by atoms with Crippen LogP contribution >= 0.6 is 0 Å². The zero-order valence-electron chi connectivity index (χ0n) is 12.0. The van der Waals surface area contributed by atoms with Crippen LogP contribution in [-0.4, -0.2) is 52.6 Å². The van der Waals surface area contributed by atoms with E-state index in [0.717, 1.165) is 56.1 Å². The fourth-order valence-electron chi connectivity index (χ4n) is 2.34. The molecule has 108 valence electrons. The van der Waals surface area contributed by atoms with Crippen molar-refractivity contribution >= 4 is 22.8 Å². The second-order valence-electron chi connectivity index (χ2n) is 4.90. The molecule has 3 rings (SSSR count). The van der Waals surface area contributed by atoms with E-state index in [9.17, 15) is 0 Å². The van der Waals surface area contributed by atoms with Crippen molar-refractivity contribution in [1.82, 2.24) is 19.7 Å². The fraction of sp³-hybridized carbons (Fsp3) is 0.615. The molecule has 7 nitrogen and oxygen atoms in total. The Kier molecular flexibility index (Phi) is 3.68. The molecule has 0 bridgehead atoms. The van der Waals surface area contributed by atoms with Gasteiger partial charge in [0.05, 0.1) is 24.8 Å². The number of rotatable bonds is 4. The van der Waals surface area contributed by atoms with Crippen molar-refractivity contribution in [2.75, 3.05) is 43.1 Å². The lowest BCUT2D eigenvalue weighted by Gasteiger charge is -2.28. The summed E-state index contributed by atoms with van der Waals surface area (Å²) < 4.78 is 7.20. The Hall–Kier alpha value is -1.89. The highest BCUT2D eigenvalue weighted by atomic mass is 16.5. The highest BCUT2D eigenvalue weighted by Gasteiger charge is 2.19. The molecular formula is C13H20N6O. The van der Waals surface area contributed by atoms with E-state index < -0.39 is 0 Å². The number of anilines is 2. The van der Waals surface area contributed by atoms with E-state index in [1.54, 1.807) is 4.68 Å². The Morgan fingerprint density at radius 3 is 2.85 bits per heavy atom. The Morgan fingerprint density at radius 2 is 2.10 bits per heavy atom. The van der Waals surface area contributed by atoms with Crippen molar-refractivity contribution in [3.8, 4) is 0 Å². The van der Waals surface area contributed by atoms with Gasteiger partial charge in [-0.3, -0.25) is 4.68 Å². The number of hydrogen-bond acceptors (Lipinski definition) is 6. The van der Waals surface area contributed by atoms with Gasteiger partial charge in [-0.1, -0.05) is 6.92 Å². The molecule has 0 amide bonds. The molecule has 20 heavy (non-hydrogen) atoms. The van der Waals surface area contributed by atoms with Gasteiger partial charge in [-0.25, -0.2) is 0 Å². The van der Waals surface area contributed by atoms with Crippen molar-refractivity contribution in [2.45, 2.75) is 13.3 Å². The second kappa shape index (κ2) is 5.62. The number of morpholine rings is 1. The highest BCUT2D eigenvalue weighted by molar-refractivity contribution is 5.88. The summed E-state index contributed by atoms with van der Waals surface area (Å²) in [6.45, 7) is 6.18. The van der Waals surface area contributed by atoms with Crippen LogP contribution in [0.1, 0.15) is 13.3 Å². The molecule has 0 radical (unpaired) electrons. The Labute approximate surface area is 117 Å². The van der Waals surface area contributed by atoms with Crippen molar-refractivity contribution in [3.63, 3.8) is 0 Å². The van der Waals surface area contributed by atoms with Crippen molar-refractivity contribution in [3.05, 3.63) is 6.20 Å². The summed E-state index contributed by atoms with van der Waals surface area (Å²) >= 11 is 0. The van der Waals surface area contributed by atoms with E-state index in [1.807, 2.05) is 13.2 Å². The third-order valence-corrected chi connectivity index (χ3v) is 3.42. The molecule has 1 saturated heterocycles. The smallest absolute Gasteiger partial charge is 0.226 e. The summed E-state index contributed by atoms with van der Waals surface area (Å²) in [6, 6.07) is 0. The molecule has 1 aliphatic heterocycles. The van der Waals surface area contributed by atoms with Crippen LogP contribution in [0.25, 0.3) is 11.0 Å². The van der Waals surface area contributed by atoms with Crippen LogP contribution in [0.15, 0.2) is 6.20 Å². The van der Waals surface area contributed by atoms with E-state index in [4.69, 9.17) is 4.74 Å². The number of nitrogens with one attached hydrogen (secondary N) is 1. The third-order valence-electron chi connectivity index (χ3n) is 3.42. The van der Waals surface area contributed by atoms with Gasteiger partial charge in [-0.2, -0.15) is 15.1 Å². The molecule has 0 unspecified atom stereocenters. The fourth-order valence-corrected chi connectivity index (χ4v) is 2.34. The van der Waals surface area contributed by atoms with E-state index >= 15 is 0 Å². The summed E-state index contributed by atoms with van der Waals surface area (Å²) in [6.07, 6.45) is 2.88. The topological polar surface area (TPSA) is 68.1 Å². The number of fused-ring (bicyclic) bond motifs is 1. The van der Waals surface area contributed by atoms with Crippen LogP contribution in [0.3, 0.4) is 0 Å². The minimum atomic E-state index is 0.671. The molecule has 1 aliphatic rings. The Morgan fingerprint density at radius 1 is 1.30 bits per heavy atom. The molecule has 0 aromatic carbocycles. The molecule has 0 atom stereocenters. The normalized spacial score (nSPS) is 15.8. The number of hydrogen-bond donors (Lipinski definition) is 1. The molecule has 3 heterocycles. The van der Waals surface area contributed by atoms with Gasteiger partial charge >= 0.3 is 0 Å². The molecule has 1 N–H and O–H groups in total. The molecule has 0 aliphatic carbocycles. The maximum absolute atomic E-state index is 5.41. The van der Waals surface area contributed by atoms with Crippen LogP contribution in [0.2, 0.25) is 0 Å². The van der Waals surface area contributed by atoms with Gasteiger partial charge in [0.2, 0.25) is 5.95 Å². The Balaban J connectivity index is 2.02. The zero-order chi connectivity index (χ0) is 13.9. The lowest BCUT2D eigenvalue weighted by atomic mass is 10.3. The SMILES string of the molecule is CCCNc1nc(N2CCOCC2)c2cnn(C)c2n1. The van der Waals surface area contributed by atoms with E-state index in [1.165, 1.54) is 0 Å². The van der Waals surface area contributed by atoms with Crippen LogP contribution in [0, 0.1) is 0 Å². The minimum absolute atomic E-state index is 0.671. The van der Waals surface area contributed by atoms with Crippen molar-refractivity contribution < 1.29 is 4.74 Å². The highest BCUT2D eigenvalue weighted by Crippen LogP contribution is 2.25. The lowest BCUT2D eigenvalue weighted by Crippen LogP contribution is -2.37. The van der Waals surface area contributed by atoms with Crippen molar-refractivity contribution in [1.29, 1.82) is 0 Å². The molecule has 0 spiro atoms. The summed E-state index contributed by atoms with van der Waals surface area (Å²) in [7, 11) is 1.90. The van der Waals surface area contributed by atoms with E-state index in [2.05, 4.69) is 32.2 Å². The minimum Gasteiger partial charge on any atom is -0.378 e. The van der Waals surface area contributed by atoms with Crippen molar-refractivity contribution in [2.24, 2.45) is 7.05 Å². The van der Waals surface area contributed by atoms with Gasteiger partial charge in [0.1, 0.15) is 5.82 Å². The molecule has 1 fully saturated rings. The van der Waals surface area contributed by atoms with Crippen LogP contribution in [0.5, 0.6) is 0 Å². The first kappa shape index (κ1) is 13.1. The number of nitrogens with zero attached hydrogens (tertiary/aromatic N) is 5. The summed E-state index contributed by atoms with van der Waals surface area (Å²) in [5, 5.41) is 8.56. The first-order chi connectivity index (χ1) is 9.79. The Bertz CT molecular complexity index is 590. The lowest BCUT2D eigenvalue weighted by molar-refractivity contribution is 0.122. The average molecular weight is 276 g/mol. The quantitative estimate of drug-likeness (QED) is 0.899. The third kappa shape index (κ3) is 2.40. The predicted molar refractivity (Wildman–Crippen MR) is 78.1 cm³/mol. The second-order valence-corrected chi connectivity index (χ2v) is 4.90. The van der Waals surface area contributed by atoms with E-state index in [-0.39, 0.29) is 0 Å². The number of ether oxygens (including phenoxy) is 1. The monoisotopic (exact) mass is 276 g/mol. The van der Waals surface area contributed by atoms with E-state index in [0.29, 0.717) is 5.95 Å². The molecule has 2 aromatic rings. The van der Waals surface area contributed by atoms with Gasteiger partial charge < -0.3 is 15.0 Å². The summed E-state index contributed by atoms with van der Waals surface area (Å²) in [4.78, 5) is 11.5. The first-order valence-corrected chi connectivity index (χ1v) is 7.06. The van der Waals surface area contributed by atoms with Gasteiger partial charge in [0, 0.05) is 26.7 Å². The van der Waals surface area contributed by atoms with Gasteiger partial charge in [-0.15, -0.1) is 0 Å². The van der Waals surface area contributed by atoms with Crippen LogP contribution < -0.4 is 10.2 Å². The standard InChI is InChI=1S/C13H20N6O/c1-3-4-14-13-16-11-10(9-15-18(11)2)12(17-13)19-5-7-20-8-6-19/h9H,3-8H2,1-2H3,(H,14,16,17). The van der Waals surface area contributed by atoms with Gasteiger partial charge in [-0.05, 0) is 6.42 Å². The molecule has 7 heteroatoms. The molecule has 2 aromatic heterocycles. The van der Waals surface area contributed by atoms with Gasteiger partial charge in [0.15, 0.2) is 5.65 Å². The summed E-state index contributed by atoms with van der Waals surface area (Å²) in [5.41, 5.74) is 0.861. The van der Waals surface area contributed by atoms with Crippen LogP contribution in [-0.2, 0) is 11.8 Å². The first-order valence-electron chi connectivity index (χ1n) is 7.06. The van der Waals surface area contributed by atoms with Crippen LogP contribution in [0.4, 0.5) is 11.8 Å². The maximum Gasteiger partial charge on any atom is 0.226 e. The number of aryl methyl sites for hydroxylation is 1.